The van der Waals surface area contributed by atoms with Gasteiger partial charge in [-0.3, -0.25) is 10.1 Å². The van der Waals surface area contributed by atoms with Crippen LogP contribution in [0.2, 0.25) is 0 Å². The fourth-order valence-corrected chi connectivity index (χ4v) is 2.99. The Bertz CT molecular complexity index is 966. The van der Waals surface area contributed by atoms with E-state index in [4.69, 9.17) is 20.2 Å². The first kappa shape index (κ1) is 20.8. The zero-order valence-electron chi connectivity index (χ0n) is 17.1. The van der Waals surface area contributed by atoms with Crippen LogP contribution in [0.5, 0.6) is 11.5 Å². The molecule has 1 heterocycles. The third kappa shape index (κ3) is 5.34. The van der Waals surface area contributed by atoms with Gasteiger partial charge < -0.3 is 19.8 Å². The van der Waals surface area contributed by atoms with E-state index in [-0.39, 0.29) is 0 Å². The summed E-state index contributed by atoms with van der Waals surface area (Å²) >= 11 is 0. The molecule has 0 saturated heterocycles. The molecule has 0 unspecified atom stereocenters. The number of nitrogens with one attached hydrogen (secondary N) is 1. The van der Waals surface area contributed by atoms with Crippen LogP contribution in [0.15, 0.2) is 42.5 Å². The van der Waals surface area contributed by atoms with E-state index in [1.807, 2.05) is 56.3 Å². The van der Waals surface area contributed by atoms with Gasteiger partial charge in [-0.05, 0) is 45.0 Å². The van der Waals surface area contributed by atoms with Gasteiger partial charge in [0.2, 0.25) is 5.91 Å². The number of aromatic nitrogens is 2. The molecule has 1 aromatic heterocycles. The molecule has 0 aliphatic heterocycles. The van der Waals surface area contributed by atoms with Crippen molar-refractivity contribution in [1.29, 1.82) is 0 Å². The molecule has 3 N–H and O–H groups in total. The summed E-state index contributed by atoms with van der Waals surface area (Å²) in [5, 5.41) is 3.12. The van der Waals surface area contributed by atoms with Gasteiger partial charge >= 0.3 is 0 Å². The quantitative estimate of drug-likeness (QED) is 0.514. The minimum Gasteiger partial charge on any atom is -0.457 e. The molecular weight excluding hydrogens is 368 g/mol. The monoisotopic (exact) mass is 396 g/mol. The average Bonchev–Trinajstić information content (AvgIpc) is 3.05. The molecule has 29 heavy (non-hydrogen) atoms. The van der Waals surface area contributed by atoms with Gasteiger partial charge in [-0.1, -0.05) is 17.7 Å². The van der Waals surface area contributed by atoms with Crippen LogP contribution in [0.4, 0.5) is 0 Å². The highest BCUT2D eigenvalue weighted by Gasteiger charge is 2.14. The maximum atomic E-state index is 11.3. The van der Waals surface area contributed by atoms with Crippen LogP contribution >= 0.6 is 0 Å². The summed E-state index contributed by atoms with van der Waals surface area (Å²) < 4.78 is 13.6. The van der Waals surface area contributed by atoms with Gasteiger partial charge in [0, 0.05) is 19.2 Å². The molecule has 0 fully saturated rings. The number of primary amides is 1. The van der Waals surface area contributed by atoms with Gasteiger partial charge in [0.25, 0.3) is 0 Å². The smallest absolute Gasteiger partial charge is 0.234 e. The molecule has 0 bridgehead atoms. The molecule has 1 amide bonds. The van der Waals surface area contributed by atoms with E-state index in [0.717, 1.165) is 28.4 Å². The number of amides is 1. The molecule has 7 heteroatoms. The Morgan fingerprint density at radius 3 is 2.62 bits per heavy atom. The number of hydrogen-bond acceptors (Lipinski definition) is 5. The molecule has 1 atom stereocenters. The maximum absolute atomic E-state index is 11.3. The fraction of sp³-hybridized carbons (Fsp3) is 0.364. The predicted molar refractivity (Wildman–Crippen MR) is 113 cm³/mol. The highest BCUT2D eigenvalue weighted by molar-refractivity contribution is 5.79. The van der Waals surface area contributed by atoms with Crippen molar-refractivity contribution in [3.05, 3.63) is 53.9 Å². The van der Waals surface area contributed by atoms with E-state index in [0.29, 0.717) is 26.3 Å². The normalized spacial score (nSPS) is 12.2. The number of nitrogens with zero attached hydrogens (tertiary/aromatic N) is 2. The molecular formula is C22H28N4O3. The number of benzene rings is 2. The zero-order valence-corrected chi connectivity index (χ0v) is 17.1. The SMILES string of the molecule is CCOCCn1c(CN[C@@H](C)C(N)=O)nc2ccc(Oc3ccc(C)cc3)cc21. The Kier molecular flexibility index (Phi) is 6.85. The van der Waals surface area contributed by atoms with Crippen LogP contribution in [0.3, 0.4) is 0 Å². The molecule has 0 aliphatic rings. The molecule has 7 nitrogen and oxygen atoms in total. The molecule has 3 aromatic rings. The summed E-state index contributed by atoms with van der Waals surface area (Å²) in [6.45, 7) is 8.06. The molecule has 154 valence electrons. The minimum absolute atomic E-state index is 0.393. The number of aryl methyl sites for hydroxylation is 1. The lowest BCUT2D eigenvalue weighted by atomic mass is 10.2. The second-order valence-corrected chi connectivity index (χ2v) is 6.95. The van der Waals surface area contributed by atoms with E-state index in [1.165, 1.54) is 5.56 Å². The second-order valence-electron chi connectivity index (χ2n) is 6.95. The number of rotatable bonds is 10. The predicted octanol–water partition coefficient (Wildman–Crippen LogP) is 3.14. The lowest BCUT2D eigenvalue weighted by Gasteiger charge is -2.13. The van der Waals surface area contributed by atoms with Crippen molar-refractivity contribution in [3.63, 3.8) is 0 Å². The van der Waals surface area contributed by atoms with Crippen LogP contribution in [0.1, 0.15) is 25.2 Å². The van der Waals surface area contributed by atoms with Crippen LogP contribution in [-0.4, -0.2) is 34.7 Å². The van der Waals surface area contributed by atoms with Gasteiger partial charge in [-0.2, -0.15) is 0 Å². The van der Waals surface area contributed by atoms with Crippen LogP contribution in [-0.2, 0) is 22.6 Å². The highest BCUT2D eigenvalue weighted by Crippen LogP contribution is 2.26. The van der Waals surface area contributed by atoms with Gasteiger partial charge in [0.05, 0.1) is 30.2 Å². The number of fused-ring (bicyclic) bond motifs is 1. The van der Waals surface area contributed by atoms with Crippen molar-refractivity contribution in [2.45, 2.75) is 39.9 Å². The van der Waals surface area contributed by atoms with Crippen molar-refractivity contribution in [2.75, 3.05) is 13.2 Å². The van der Waals surface area contributed by atoms with Crippen molar-refractivity contribution in [1.82, 2.24) is 14.9 Å². The molecule has 0 aliphatic carbocycles. The third-order valence-electron chi connectivity index (χ3n) is 4.71. The largest absolute Gasteiger partial charge is 0.457 e. The summed E-state index contributed by atoms with van der Waals surface area (Å²) in [6, 6.07) is 13.3. The first-order valence-electron chi connectivity index (χ1n) is 9.82. The molecule has 0 spiro atoms. The lowest BCUT2D eigenvalue weighted by molar-refractivity contribution is -0.119. The van der Waals surface area contributed by atoms with Gasteiger partial charge in [-0.25, -0.2) is 4.98 Å². The number of carbonyl (C=O) groups is 1. The standard InChI is InChI=1S/C22H28N4O3/c1-4-28-12-11-26-20-13-18(29-17-7-5-15(2)6-8-17)9-10-19(20)25-21(26)14-24-16(3)22(23)27/h5-10,13,16,24H,4,11-12,14H2,1-3H3,(H2,23,27)/t16-/m0/s1. The topological polar surface area (TPSA) is 91.4 Å². The average molecular weight is 396 g/mol. The Balaban J connectivity index is 1.88. The Morgan fingerprint density at radius 1 is 1.21 bits per heavy atom. The van der Waals surface area contributed by atoms with Gasteiger partial charge in [-0.15, -0.1) is 0 Å². The maximum Gasteiger partial charge on any atom is 0.234 e. The fourth-order valence-electron chi connectivity index (χ4n) is 2.99. The first-order valence-corrected chi connectivity index (χ1v) is 9.82. The summed E-state index contributed by atoms with van der Waals surface area (Å²) in [5.41, 5.74) is 8.35. The van der Waals surface area contributed by atoms with E-state index >= 15 is 0 Å². The number of ether oxygens (including phenoxy) is 2. The van der Waals surface area contributed by atoms with Crippen LogP contribution < -0.4 is 15.8 Å². The van der Waals surface area contributed by atoms with Crippen molar-refractivity contribution >= 4 is 16.9 Å². The van der Waals surface area contributed by atoms with Gasteiger partial charge in [0.1, 0.15) is 17.3 Å². The summed E-state index contributed by atoms with van der Waals surface area (Å²) in [7, 11) is 0. The molecule has 0 saturated carbocycles. The summed E-state index contributed by atoms with van der Waals surface area (Å²) in [6.07, 6.45) is 0. The Morgan fingerprint density at radius 2 is 1.93 bits per heavy atom. The number of carbonyl (C=O) groups excluding carboxylic acids is 1. The summed E-state index contributed by atoms with van der Waals surface area (Å²) in [5.74, 6) is 1.95. The second kappa shape index (κ2) is 9.54. The Labute approximate surface area is 170 Å². The molecule has 0 radical (unpaired) electrons. The summed E-state index contributed by atoms with van der Waals surface area (Å²) in [4.78, 5) is 16.0. The lowest BCUT2D eigenvalue weighted by Crippen LogP contribution is -2.38. The van der Waals surface area contributed by atoms with Crippen molar-refractivity contribution in [2.24, 2.45) is 5.73 Å². The molecule has 2 aromatic carbocycles. The van der Waals surface area contributed by atoms with Crippen LogP contribution in [0.25, 0.3) is 11.0 Å². The van der Waals surface area contributed by atoms with E-state index < -0.39 is 11.9 Å². The Hall–Kier alpha value is -2.90. The first-order chi connectivity index (χ1) is 14.0. The van der Waals surface area contributed by atoms with E-state index in [9.17, 15) is 4.79 Å². The van der Waals surface area contributed by atoms with Gasteiger partial charge in [0.15, 0.2) is 0 Å². The van der Waals surface area contributed by atoms with Crippen molar-refractivity contribution in [3.8, 4) is 11.5 Å². The zero-order chi connectivity index (χ0) is 20.8. The highest BCUT2D eigenvalue weighted by atomic mass is 16.5. The third-order valence-corrected chi connectivity index (χ3v) is 4.71. The number of nitrogens with two attached hydrogens (primary N) is 1. The molecule has 3 rings (SSSR count). The van der Waals surface area contributed by atoms with Crippen molar-refractivity contribution < 1.29 is 14.3 Å². The number of hydrogen-bond donors (Lipinski definition) is 2. The van der Waals surface area contributed by atoms with E-state index in [1.54, 1.807) is 6.92 Å². The number of imidazole rings is 1. The minimum atomic E-state index is -0.435. The van der Waals surface area contributed by atoms with E-state index in [2.05, 4.69) is 9.88 Å². The van der Waals surface area contributed by atoms with Crippen LogP contribution in [0, 0.1) is 6.92 Å².